The molecule has 0 aliphatic heterocycles. The monoisotopic (exact) mass is 297 g/mol. The lowest BCUT2D eigenvalue weighted by molar-refractivity contribution is 0.867. The Morgan fingerprint density at radius 1 is 1.05 bits per heavy atom. The molecular formula is C17H16ClN3. The maximum atomic E-state index is 6.23. The quantitative estimate of drug-likeness (QED) is 0.677. The standard InChI is InChI=1S/C17H16ClN3/c1-2-5-14-16(20-11-21-17(14)18)10-12-8-9-19-15-7-4-3-6-13(12)15/h3-4,6-9,11H,2,5,10H2,1H3. The van der Waals surface area contributed by atoms with E-state index in [1.54, 1.807) is 6.33 Å². The van der Waals surface area contributed by atoms with E-state index in [0.29, 0.717) is 5.15 Å². The summed E-state index contributed by atoms with van der Waals surface area (Å²) in [5, 5.41) is 1.73. The normalized spacial score (nSPS) is 11.0. The minimum Gasteiger partial charge on any atom is -0.256 e. The Kier molecular flexibility index (Phi) is 4.11. The number of hydrogen-bond acceptors (Lipinski definition) is 3. The number of pyridine rings is 1. The lowest BCUT2D eigenvalue weighted by Gasteiger charge is -2.10. The lowest BCUT2D eigenvalue weighted by Crippen LogP contribution is -2.02. The fourth-order valence-corrected chi connectivity index (χ4v) is 2.81. The van der Waals surface area contributed by atoms with Gasteiger partial charge in [0, 0.05) is 23.6 Å². The molecule has 1 aromatic carbocycles. The molecule has 0 N–H and O–H groups in total. The van der Waals surface area contributed by atoms with Gasteiger partial charge in [-0.1, -0.05) is 43.1 Å². The second kappa shape index (κ2) is 6.19. The summed E-state index contributed by atoms with van der Waals surface area (Å²) in [6.45, 7) is 2.13. The van der Waals surface area contributed by atoms with Crippen molar-refractivity contribution in [3.05, 3.63) is 64.8 Å². The third-order valence-electron chi connectivity index (χ3n) is 3.58. The Bertz CT molecular complexity index is 766. The van der Waals surface area contributed by atoms with E-state index in [9.17, 15) is 0 Å². The Balaban J connectivity index is 2.05. The highest BCUT2D eigenvalue weighted by atomic mass is 35.5. The van der Waals surface area contributed by atoms with Gasteiger partial charge in [0.15, 0.2) is 0 Å². The average molecular weight is 298 g/mol. The van der Waals surface area contributed by atoms with Crippen LogP contribution in [0.25, 0.3) is 10.9 Å². The molecule has 3 aromatic rings. The number of nitrogens with zero attached hydrogens (tertiary/aromatic N) is 3. The summed E-state index contributed by atoms with van der Waals surface area (Å²) in [5.74, 6) is 0. The minimum atomic E-state index is 0.570. The number of hydrogen-bond donors (Lipinski definition) is 0. The van der Waals surface area contributed by atoms with Crippen LogP contribution in [0.1, 0.15) is 30.2 Å². The maximum absolute atomic E-state index is 6.23. The highest BCUT2D eigenvalue weighted by molar-refractivity contribution is 6.30. The van der Waals surface area contributed by atoms with Gasteiger partial charge < -0.3 is 0 Å². The fourth-order valence-electron chi connectivity index (χ4n) is 2.56. The summed E-state index contributed by atoms with van der Waals surface area (Å²) in [4.78, 5) is 12.9. The molecule has 0 aliphatic carbocycles. The number of fused-ring (bicyclic) bond motifs is 1. The Hall–Kier alpha value is -2.00. The molecule has 2 heterocycles. The molecule has 2 aromatic heterocycles. The van der Waals surface area contributed by atoms with Crippen LogP contribution in [0, 0.1) is 0 Å². The van der Waals surface area contributed by atoms with Crippen LogP contribution < -0.4 is 0 Å². The summed E-state index contributed by atoms with van der Waals surface area (Å²) in [6, 6.07) is 10.2. The number of aromatic nitrogens is 3. The van der Waals surface area contributed by atoms with Crippen LogP contribution in [0.4, 0.5) is 0 Å². The summed E-state index contributed by atoms with van der Waals surface area (Å²) >= 11 is 6.23. The number of benzene rings is 1. The summed E-state index contributed by atoms with van der Waals surface area (Å²) in [6.07, 6.45) is 6.07. The van der Waals surface area contributed by atoms with Crippen LogP contribution in [-0.2, 0) is 12.8 Å². The number of halogens is 1. The van der Waals surface area contributed by atoms with Gasteiger partial charge in [-0.25, -0.2) is 9.97 Å². The van der Waals surface area contributed by atoms with E-state index in [1.807, 2.05) is 30.5 Å². The molecule has 0 saturated carbocycles. The topological polar surface area (TPSA) is 38.7 Å². The van der Waals surface area contributed by atoms with Crippen molar-refractivity contribution in [1.82, 2.24) is 15.0 Å². The van der Waals surface area contributed by atoms with Crippen LogP contribution in [0.2, 0.25) is 5.15 Å². The second-order valence-corrected chi connectivity index (χ2v) is 5.36. The first-order valence-corrected chi connectivity index (χ1v) is 7.48. The average Bonchev–Trinajstić information content (AvgIpc) is 2.51. The zero-order valence-electron chi connectivity index (χ0n) is 11.9. The van der Waals surface area contributed by atoms with Crippen molar-refractivity contribution >= 4 is 22.5 Å². The first-order valence-electron chi connectivity index (χ1n) is 7.10. The lowest BCUT2D eigenvalue weighted by atomic mass is 10.0. The van der Waals surface area contributed by atoms with Crippen molar-refractivity contribution in [2.24, 2.45) is 0 Å². The van der Waals surface area contributed by atoms with Gasteiger partial charge in [0.2, 0.25) is 0 Å². The summed E-state index contributed by atoms with van der Waals surface area (Å²) in [5.41, 5.74) is 4.29. The molecule has 3 rings (SSSR count). The molecule has 0 saturated heterocycles. The van der Waals surface area contributed by atoms with Gasteiger partial charge in [0.25, 0.3) is 0 Å². The van der Waals surface area contributed by atoms with Gasteiger partial charge in [0.1, 0.15) is 11.5 Å². The van der Waals surface area contributed by atoms with Crippen molar-refractivity contribution < 1.29 is 0 Å². The molecule has 0 spiro atoms. The molecule has 4 heteroatoms. The van der Waals surface area contributed by atoms with Gasteiger partial charge in [-0.05, 0) is 24.1 Å². The zero-order chi connectivity index (χ0) is 14.7. The molecule has 3 nitrogen and oxygen atoms in total. The maximum Gasteiger partial charge on any atom is 0.135 e. The number of rotatable bonds is 4. The molecule has 0 fully saturated rings. The van der Waals surface area contributed by atoms with Crippen LogP contribution in [0.5, 0.6) is 0 Å². The highest BCUT2D eigenvalue weighted by Gasteiger charge is 2.11. The third kappa shape index (κ3) is 2.88. The fraction of sp³-hybridized carbons (Fsp3) is 0.235. The van der Waals surface area contributed by atoms with Gasteiger partial charge in [-0.3, -0.25) is 4.98 Å². The summed E-state index contributed by atoms with van der Waals surface area (Å²) < 4.78 is 0. The first kappa shape index (κ1) is 14.0. The Labute approximate surface area is 129 Å². The van der Waals surface area contributed by atoms with Crippen molar-refractivity contribution in [3.63, 3.8) is 0 Å². The molecule has 0 bridgehead atoms. The largest absolute Gasteiger partial charge is 0.256 e. The molecule has 0 radical (unpaired) electrons. The molecular weight excluding hydrogens is 282 g/mol. The molecule has 0 atom stereocenters. The van der Waals surface area contributed by atoms with Gasteiger partial charge in [0.05, 0.1) is 11.2 Å². The molecule has 0 aliphatic rings. The van der Waals surface area contributed by atoms with Crippen LogP contribution in [0.15, 0.2) is 42.9 Å². The molecule has 0 amide bonds. The molecule has 106 valence electrons. The van der Waals surface area contributed by atoms with Crippen molar-refractivity contribution in [2.45, 2.75) is 26.2 Å². The molecule has 21 heavy (non-hydrogen) atoms. The highest BCUT2D eigenvalue weighted by Crippen LogP contribution is 2.23. The van der Waals surface area contributed by atoms with Gasteiger partial charge >= 0.3 is 0 Å². The Morgan fingerprint density at radius 2 is 1.90 bits per heavy atom. The minimum absolute atomic E-state index is 0.570. The van der Waals surface area contributed by atoms with Crippen molar-refractivity contribution in [1.29, 1.82) is 0 Å². The SMILES string of the molecule is CCCc1c(Cl)ncnc1Cc1ccnc2ccccc12. The van der Waals surface area contributed by atoms with E-state index < -0.39 is 0 Å². The van der Waals surface area contributed by atoms with Crippen molar-refractivity contribution in [2.75, 3.05) is 0 Å². The summed E-state index contributed by atoms with van der Waals surface area (Å²) in [7, 11) is 0. The van der Waals surface area contributed by atoms with E-state index in [-0.39, 0.29) is 0 Å². The number of para-hydroxylation sites is 1. The van der Waals surface area contributed by atoms with Crippen molar-refractivity contribution in [3.8, 4) is 0 Å². The smallest absolute Gasteiger partial charge is 0.135 e. The van der Waals surface area contributed by atoms with E-state index in [2.05, 4.69) is 27.9 Å². The van der Waals surface area contributed by atoms with Crippen LogP contribution in [-0.4, -0.2) is 15.0 Å². The molecule has 0 unspecified atom stereocenters. The van der Waals surface area contributed by atoms with E-state index in [1.165, 1.54) is 5.56 Å². The third-order valence-corrected chi connectivity index (χ3v) is 3.90. The van der Waals surface area contributed by atoms with Crippen LogP contribution >= 0.6 is 11.6 Å². The predicted molar refractivity (Wildman–Crippen MR) is 85.6 cm³/mol. The van der Waals surface area contributed by atoms with Gasteiger partial charge in [-0.2, -0.15) is 0 Å². The Morgan fingerprint density at radius 3 is 2.76 bits per heavy atom. The van der Waals surface area contributed by atoms with Gasteiger partial charge in [-0.15, -0.1) is 0 Å². The second-order valence-electron chi connectivity index (χ2n) is 5.00. The zero-order valence-corrected chi connectivity index (χ0v) is 12.6. The van der Waals surface area contributed by atoms with E-state index in [0.717, 1.165) is 41.4 Å². The first-order chi connectivity index (χ1) is 10.3. The van der Waals surface area contributed by atoms with E-state index >= 15 is 0 Å². The van der Waals surface area contributed by atoms with Crippen LogP contribution in [0.3, 0.4) is 0 Å². The predicted octanol–water partition coefficient (Wildman–Crippen LogP) is 4.22. The van der Waals surface area contributed by atoms with E-state index in [4.69, 9.17) is 11.6 Å².